The van der Waals surface area contributed by atoms with Gasteiger partial charge in [0.1, 0.15) is 0 Å². The van der Waals surface area contributed by atoms with Gasteiger partial charge in [0, 0.05) is 0 Å². The molecule has 1 fully saturated rings. The van der Waals surface area contributed by atoms with Crippen molar-refractivity contribution in [1.82, 2.24) is 5.01 Å². The van der Waals surface area contributed by atoms with Gasteiger partial charge in [-0.05, 0) is 6.42 Å². The van der Waals surface area contributed by atoms with E-state index in [1.807, 2.05) is 0 Å². The fraction of sp³-hybridized carbons (Fsp3) is 1.00. The third-order valence-electron chi connectivity index (χ3n) is 1.15. The van der Waals surface area contributed by atoms with Gasteiger partial charge in [-0.25, -0.2) is 0 Å². The summed E-state index contributed by atoms with van der Waals surface area (Å²) in [6.45, 7) is 1.40. The molecule has 1 saturated heterocycles. The molecule has 0 aliphatic carbocycles. The Bertz CT molecular complexity index is 114. The first kappa shape index (κ1) is 9.00. The van der Waals surface area contributed by atoms with Crippen LogP contribution in [0.5, 0.6) is 0 Å². The van der Waals surface area contributed by atoms with Gasteiger partial charge < -0.3 is 10.4 Å². The van der Waals surface area contributed by atoms with Crippen molar-refractivity contribution in [3.63, 3.8) is 0 Å². The van der Waals surface area contributed by atoms with Gasteiger partial charge in [-0.1, -0.05) is 0 Å². The van der Waals surface area contributed by atoms with E-state index in [0.29, 0.717) is 13.1 Å². The van der Waals surface area contributed by atoms with E-state index in [2.05, 4.69) is 5.28 Å². The number of nitrogens with zero attached hydrogens (tertiary/aromatic N) is 3. The molecular formula is C3H8N3NaO2. The molecule has 0 amide bonds. The van der Waals surface area contributed by atoms with Crippen LogP contribution >= 0.6 is 0 Å². The van der Waals surface area contributed by atoms with E-state index >= 15 is 0 Å². The summed E-state index contributed by atoms with van der Waals surface area (Å²) in [6, 6.07) is 0. The van der Waals surface area contributed by atoms with Crippen LogP contribution in [0.15, 0.2) is 5.28 Å². The molecule has 0 atom stereocenters. The topological polar surface area (TPSA) is 61.9 Å². The Labute approximate surface area is 74.8 Å². The Kier molecular flexibility index (Phi) is 3.92. The molecule has 9 heavy (non-hydrogen) atoms. The molecule has 1 aliphatic rings. The monoisotopic (exact) mass is 141 g/mol. The van der Waals surface area contributed by atoms with E-state index in [0.717, 1.165) is 6.42 Å². The predicted molar refractivity (Wildman–Crippen MR) is 31.2 cm³/mol. The minimum absolute atomic E-state index is 0. The van der Waals surface area contributed by atoms with Crippen LogP contribution in [0.4, 0.5) is 0 Å². The van der Waals surface area contributed by atoms with Crippen LogP contribution in [0.25, 0.3) is 0 Å². The molecule has 0 unspecified atom stereocenters. The van der Waals surface area contributed by atoms with Gasteiger partial charge in [-0.2, -0.15) is 0 Å². The van der Waals surface area contributed by atoms with E-state index in [1.165, 1.54) is 5.01 Å². The average Bonchev–Trinajstić information content (AvgIpc) is 1.62. The molecule has 1 rings (SSSR count). The van der Waals surface area contributed by atoms with Gasteiger partial charge in [0.25, 0.3) is 0 Å². The van der Waals surface area contributed by atoms with Crippen molar-refractivity contribution < 1.29 is 10.2 Å². The summed E-state index contributed by atoms with van der Waals surface area (Å²) >= 11 is 0. The van der Waals surface area contributed by atoms with E-state index < -0.39 is 0 Å². The molecule has 0 bridgehead atoms. The van der Waals surface area contributed by atoms with Crippen molar-refractivity contribution >= 4 is 29.6 Å². The first-order valence-electron chi connectivity index (χ1n) is 2.42. The van der Waals surface area contributed by atoms with Crippen molar-refractivity contribution in [1.29, 1.82) is 0 Å². The SMILES string of the molecule is [NaH].[O-]/[N+](=N\O)N1CCC1. The summed E-state index contributed by atoms with van der Waals surface area (Å²) in [5.74, 6) is 0. The molecule has 1 heterocycles. The van der Waals surface area contributed by atoms with Crippen LogP contribution in [-0.2, 0) is 0 Å². The number of hydrazine groups is 1. The predicted octanol–water partition coefficient (Wildman–Crippen LogP) is -0.690. The summed E-state index contributed by atoms with van der Waals surface area (Å²) in [5.41, 5.74) is 0. The van der Waals surface area contributed by atoms with Gasteiger partial charge in [0.05, 0.1) is 18.1 Å². The zero-order chi connectivity index (χ0) is 5.98. The van der Waals surface area contributed by atoms with E-state index in [1.54, 1.807) is 0 Å². The molecule has 1 N–H and O–H groups in total. The normalized spacial score (nSPS) is 18.2. The third kappa shape index (κ3) is 2.00. The van der Waals surface area contributed by atoms with Crippen molar-refractivity contribution in [3.8, 4) is 0 Å². The number of rotatable bonds is 1. The summed E-state index contributed by atoms with van der Waals surface area (Å²) in [5, 5.41) is 21.9. The Hall–Kier alpha value is 0.0000000000000000555. The van der Waals surface area contributed by atoms with Crippen molar-refractivity contribution in [2.24, 2.45) is 5.28 Å². The molecule has 0 aromatic carbocycles. The Morgan fingerprint density at radius 1 is 1.56 bits per heavy atom. The van der Waals surface area contributed by atoms with Crippen LogP contribution < -0.4 is 0 Å². The van der Waals surface area contributed by atoms with E-state index in [-0.39, 0.29) is 34.5 Å². The van der Waals surface area contributed by atoms with Crippen LogP contribution in [0.2, 0.25) is 0 Å². The summed E-state index contributed by atoms with van der Waals surface area (Å²) in [4.78, 5) is 0.198. The minimum atomic E-state index is 0. The van der Waals surface area contributed by atoms with E-state index in [9.17, 15) is 5.21 Å². The first-order chi connectivity index (χ1) is 3.84. The number of hydrogen-bond acceptors (Lipinski definition) is 2. The maximum absolute atomic E-state index is 10.2. The number of hydrogen-bond donors (Lipinski definition) is 1. The minimum Gasteiger partial charge on any atom is -0.569 e. The second kappa shape index (κ2) is 3.92. The van der Waals surface area contributed by atoms with Crippen LogP contribution in [0, 0.1) is 5.21 Å². The molecule has 0 saturated carbocycles. The Morgan fingerprint density at radius 2 is 2.11 bits per heavy atom. The molecule has 6 heteroatoms. The zero-order valence-corrected chi connectivity index (χ0v) is 4.32. The standard InChI is InChI=1S/C3H7N3O2.Na.H/c7-4-6(8)5-2-1-3-5;;/h7H,1-3H2;;/b6-4-;;. The molecule has 0 aromatic heterocycles. The Morgan fingerprint density at radius 3 is 2.22 bits per heavy atom. The summed E-state index contributed by atoms with van der Waals surface area (Å²) < 4.78 is 0. The zero-order valence-electron chi connectivity index (χ0n) is 4.32. The van der Waals surface area contributed by atoms with Gasteiger partial charge in [0.15, 0.2) is 0 Å². The van der Waals surface area contributed by atoms with Crippen molar-refractivity contribution in [3.05, 3.63) is 5.21 Å². The van der Waals surface area contributed by atoms with Crippen LogP contribution in [-0.4, -0.2) is 57.8 Å². The molecule has 5 nitrogen and oxygen atoms in total. The maximum Gasteiger partial charge on any atom is 0.230 e. The van der Waals surface area contributed by atoms with Crippen LogP contribution in [0.3, 0.4) is 0 Å². The second-order valence-corrected chi connectivity index (χ2v) is 1.65. The fourth-order valence-corrected chi connectivity index (χ4v) is 0.527. The van der Waals surface area contributed by atoms with Gasteiger partial charge in [-0.15, -0.1) is 5.01 Å². The second-order valence-electron chi connectivity index (χ2n) is 1.65. The van der Waals surface area contributed by atoms with E-state index in [4.69, 9.17) is 5.21 Å². The molecule has 1 aliphatic heterocycles. The smallest absolute Gasteiger partial charge is 0.230 e. The molecule has 0 radical (unpaired) electrons. The maximum atomic E-state index is 10.2. The van der Waals surface area contributed by atoms with Crippen LogP contribution in [0.1, 0.15) is 6.42 Å². The molecule has 0 aromatic rings. The first-order valence-corrected chi connectivity index (χ1v) is 2.42. The average molecular weight is 141 g/mol. The molecular weight excluding hydrogens is 133 g/mol. The quantitative estimate of drug-likeness (QED) is 0.227. The van der Waals surface area contributed by atoms with Gasteiger partial charge in [-0.3, -0.25) is 0 Å². The summed E-state index contributed by atoms with van der Waals surface area (Å²) in [6.07, 6.45) is 1.01. The fourth-order valence-electron chi connectivity index (χ4n) is 0.527. The van der Waals surface area contributed by atoms with Crippen molar-refractivity contribution in [2.75, 3.05) is 13.1 Å². The third-order valence-corrected chi connectivity index (χ3v) is 1.15. The van der Waals surface area contributed by atoms with Gasteiger partial charge >= 0.3 is 29.6 Å². The molecule has 0 spiro atoms. The Balaban J connectivity index is 0.000000640. The molecule has 48 valence electrons. The largest absolute Gasteiger partial charge is 0.569 e. The van der Waals surface area contributed by atoms with Crippen molar-refractivity contribution in [2.45, 2.75) is 6.42 Å². The summed E-state index contributed by atoms with van der Waals surface area (Å²) in [7, 11) is 0. The van der Waals surface area contributed by atoms with Gasteiger partial charge in [0.2, 0.25) is 5.28 Å².